The lowest BCUT2D eigenvalue weighted by Crippen LogP contribution is -2.82. The molecule has 4 saturated carbocycles. The van der Waals surface area contributed by atoms with E-state index in [1.54, 1.807) is 5.56 Å². The Morgan fingerprint density at radius 1 is 0.542 bits per heavy atom. The first-order valence-electron chi connectivity index (χ1n) is 17.3. The predicted molar refractivity (Wildman–Crippen MR) is 190 cm³/mol. The van der Waals surface area contributed by atoms with Crippen molar-refractivity contribution in [2.45, 2.75) is 25.2 Å². The molecule has 0 aliphatic heterocycles. The highest BCUT2D eigenvalue weighted by Gasteiger charge is 2.84. The van der Waals surface area contributed by atoms with E-state index < -0.39 is 0 Å². The summed E-state index contributed by atoms with van der Waals surface area (Å²) in [5.74, 6) is 4.91. The zero-order chi connectivity index (χ0) is 31.1. The van der Waals surface area contributed by atoms with E-state index in [4.69, 9.17) is 8.83 Å². The average Bonchev–Trinajstić information content (AvgIpc) is 3.66. The van der Waals surface area contributed by atoms with Crippen LogP contribution in [0.4, 0.5) is 17.1 Å². The van der Waals surface area contributed by atoms with E-state index in [0.717, 1.165) is 96.2 Å². The van der Waals surface area contributed by atoms with Crippen LogP contribution in [0.1, 0.15) is 30.7 Å². The van der Waals surface area contributed by atoms with Gasteiger partial charge in [0, 0.05) is 40.2 Å². The maximum Gasteiger partial charge on any atom is 0.153 e. The van der Waals surface area contributed by atoms with Gasteiger partial charge in [-0.05, 0) is 144 Å². The van der Waals surface area contributed by atoms with Gasteiger partial charge in [-0.25, -0.2) is 0 Å². The smallest absolute Gasteiger partial charge is 0.153 e. The topological polar surface area (TPSA) is 55.3 Å². The lowest BCUT2D eigenvalue weighted by Gasteiger charge is -2.89. The number of hydrogen-bond acceptors (Lipinski definition) is 5. The zero-order valence-corrected chi connectivity index (χ0v) is 26.2. The summed E-state index contributed by atoms with van der Waals surface area (Å²) in [5.41, 5.74) is 12.9. The molecule has 230 valence electrons. The van der Waals surface area contributed by atoms with Crippen LogP contribution in [0.25, 0.3) is 55.3 Å². The Morgan fingerprint density at radius 3 is 1.60 bits per heavy atom. The molecule has 0 bridgehead atoms. The van der Waals surface area contributed by atoms with Crippen LogP contribution in [0.15, 0.2) is 130 Å². The predicted octanol–water partition coefficient (Wildman–Crippen LogP) is 11.2. The standard InChI is InChI=1S/C43H31N3O2/c1-3-38-41(44-17-1)32-22-30(13-15-36(32)47-38)46(31-14-16-37-33(23-31)42-39(48-37)4-2-18-45-42)29-11-9-25(10-12-29)24-5-7-26(8-6-24)40-34-20-27-19-28-21-35(40)43(27,28)34/h1-18,22-23,27-28,34-35,40H,19-21H2. The van der Waals surface area contributed by atoms with Crippen LogP contribution in [0.5, 0.6) is 0 Å². The lowest BCUT2D eigenvalue weighted by atomic mass is 9.15. The molecule has 0 radical (unpaired) electrons. The summed E-state index contributed by atoms with van der Waals surface area (Å²) in [4.78, 5) is 11.6. The molecule has 4 aliphatic rings. The van der Waals surface area contributed by atoms with E-state index in [1.165, 1.54) is 30.4 Å². The van der Waals surface area contributed by atoms with Gasteiger partial charge < -0.3 is 13.7 Å². The number of nitrogens with zero attached hydrogens (tertiary/aromatic N) is 3. The van der Waals surface area contributed by atoms with Crippen LogP contribution >= 0.6 is 0 Å². The van der Waals surface area contributed by atoms with Crippen molar-refractivity contribution in [2.24, 2.45) is 29.1 Å². The van der Waals surface area contributed by atoms with Crippen LogP contribution in [0.2, 0.25) is 0 Å². The van der Waals surface area contributed by atoms with Gasteiger partial charge in [0.25, 0.3) is 0 Å². The number of fused-ring (bicyclic) bond motifs is 6. The first-order valence-corrected chi connectivity index (χ1v) is 17.3. The maximum absolute atomic E-state index is 6.13. The Kier molecular flexibility index (Phi) is 4.77. The molecule has 48 heavy (non-hydrogen) atoms. The minimum atomic E-state index is 0.789. The number of pyridine rings is 2. The zero-order valence-electron chi connectivity index (χ0n) is 26.2. The molecule has 4 aliphatic carbocycles. The van der Waals surface area contributed by atoms with E-state index >= 15 is 0 Å². The molecule has 4 aromatic carbocycles. The van der Waals surface area contributed by atoms with Gasteiger partial charge in [0.15, 0.2) is 11.2 Å². The first-order chi connectivity index (χ1) is 23.7. The summed E-state index contributed by atoms with van der Waals surface area (Å²) >= 11 is 0. The van der Waals surface area contributed by atoms with Gasteiger partial charge in [0.05, 0.1) is 0 Å². The van der Waals surface area contributed by atoms with E-state index in [1.807, 2.05) is 48.8 Å². The highest BCUT2D eigenvalue weighted by molar-refractivity contribution is 6.06. The Bertz CT molecular complexity index is 2460. The number of benzene rings is 4. The fourth-order valence-electron chi connectivity index (χ4n) is 10.9. The molecule has 8 aromatic rings. The molecule has 4 fully saturated rings. The molecule has 4 atom stereocenters. The number of aromatic nitrogens is 2. The van der Waals surface area contributed by atoms with Crippen molar-refractivity contribution < 1.29 is 8.83 Å². The van der Waals surface area contributed by atoms with E-state index in [2.05, 4.69) is 87.7 Å². The highest BCUT2D eigenvalue weighted by Crippen LogP contribution is 2.91. The third-order valence-corrected chi connectivity index (χ3v) is 12.9. The van der Waals surface area contributed by atoms with Crippen molar-refractivity contribution in [3.63, 3.8) is 0 Å². The number of furan rings is 2. The summed E-state index contributed by atoms with van der Waals surface area (Å²) in [5, 5.41) is 1.98. The van der Waals surface area contributed by atoms with Gasteiger partial charge >= 0.3 is 0 Å². The number of anilines is 3. The molecule has 0 amide bonds. The average molecular weight is 622 g/mol. The SMILES string of the molecule is c1cnc2c(c1)oc1ccc(N(c3ccc(-c4ccc(C5C6CC7CC8CC5C786)cc4)cc3)c3ccc4oc5cccnc5c4c3)cc12. The second-order valence-corrected chi connectivity index (χ2v) is 14.6. The highest BCUT2D eigenvalue weighted by atomic mass is 16.3. The van der Waals surface area contributed by atoms with Crippen LogP contribution < -0.4 is 4.90 Å². The molecule has 5 nitrogen and oxygen atoms in total. The molecule has 5 heteroatoms. The van der Waals surface area contributed by atoms with E-state index in [0.29, 0.717) is 0 Å². The minimum absolute atomic E-state index is 0.789. The molecule has 4 aromatic heterocycles. The van der Waals surface area contributed by atoms with Crippen LogP contribution in [0.3, 0.4) is 0 Å². The quantitative estimate of drug-likeness (QED) is 0.191. The van der Waals surface area contributed by atoms with E-state index in [-0.39, 0.29) is 0 Å². The first kappa shape index (κ1) is 25.6. The molecule has 4 unspecified atom stereocenters. The normalized spacial score (nSPS) is 26.4. The molecular weight excluding hydrogens is 590 g/mol. The summed E-state index contributed by atoms with van der Waals surface area (Å²) < 4.78 is 12.3. The second kappa shape index (κ2) is 8.93. The minimum Gasteiger partial charge on any atom is -0.454 e. The monoisotopic (exact) mass is 621 g/mol. The molecule has 4 heterocycles. The third-order valence-electron chi connectivity index (χ3n) is 12.9. The van der Waals surface area contributed by atoms with Crippen molar-refractivity contribution in [3.8, 4) is 11.1 Å². The van der Waals surface area contributed by atoms with Crippen molar-refractivity contribution in [3.05, 3.63) is 127 Å². The van der Waals surface area contributed by atoms with Crippen molar-refractivity contribution in [1.29, 1.82) is 0 Å². The van der Waals surface area contributed by atoms with Gasteiger partial charge in [-0.1, -0.05) is 36.4 Å². The van der Waals surface area contributed by atoms with Crippen LogP contribution in [-0.4, -0.2) is 9.97 Å². The third kappa shape index (κ3) is 3.13. The van der Waals surface area contributed by atoms with Crippen molar-refractivity contribution >= 4 is 61.2 Å². The van der Waals surface area contributed by atoms with Crippen molar-refractivity contribution in [2.75, 3.05) is 4.90 Å². The molecule has 1 spiro atoms. The van der Waals surface area contributed by atoms with Gasteiger partial charge in [-0.2, -0.15) is 0 Å². The van der Waals surface area contributed by atoms with Gasteiger partial charge in [-0.15, -0.1) is 0 Å². The fraction of sp³-hybridized carbons (Fsp3) is 0.209. The second-order valence-electron chi connectivity index (χ2n) is 14.6. The fourth-order valence-corrected chi connectivity index (χ4v) is 10.9. The maximum atomic E-state index is 6.13. The van der Waals surface area contributed by atoms with Crippen LogP contribution in [-0.2, 0) is 0 Å². The van der Waals surface area contributed by atoms with E-state index in [9.17, 15) is 0 Å². The van der Waals surface area contributed by atoms with Gasteiger partial charge in [0.2, 0.25) is 0 Å². The summed E-state index contributed by atoms with van der Waals surface area (Å²) in [6.45, 7) is 0. The molecule has 0 N–H and O–H groups in total. The Hall–Kier alpha value is -5.42. The Balaban J connectivity index is 0.933. The summed E-state index contributed by atoms with van der Waals surface area (Å²) in [6.07, 6.45) is 8.14. The number of hydrogen-bond donors (Lipinski definition) is 0. The van der Waals surface area contributed by atoms with Crippen LogP contribution in [0, 0.1) is 29.1 Å². The lowest BCUT2D eigenvalue weighted by molar-refractivity contribution is -0.390. The molecule has 0 saturated heterocycles. The van der Waals surface area contributed by atoms with Gasteiger partial charge in [-0.3, -0.25) is 9.97 Å². The Morgan fingerprint density at radius 2 is 1.06 bits per heavy atom. The summed E-state index contributed by atoms with van der Waals surface area (Å²) in [7, 11) is 0. The molecular formula is C43H31N3O2. The van der Waals surface area contributed by atoms with Gasteiger partial charge in [0.1, 0.15) is 22.2 Å². The summed E-state index contributed by atoms with van der Waals surface area (Å²) in [6, 6.07) is 38.9. The number of rotatable bonds is 5. The van der Waals surface area contributed by atoms with Crippen molar-refractivity contribution in [1.82, 2.24) is 9.97 Å². The largest absolute Gasteiger partial charge is 0.454 e. The molecule has 12 rings (SSSR count). The Labute approximate surface area is 276 Å².